The van der Waals surface area contributed by atoms with Gasteiger partial charge < -0.3 is 10.4 Å². The van der Waals surface area contributed by atoms with Crippen molar-refractivity contribution in [2.75, 3.05) is 5.32 Å². The number of unbranched alkanes of at least 4 members (excludes halogenated alkanes) is 6. The van der Waals surface area contributed by atoms with Crippen LogP contribution in [0.4, 0.5) is 5.69 Å². The number of carboxylic acids is 1. The van der Waals surface area contributed by atoms with Crippen molar-refractivity contribution in [3.63, 3.8) is 0 Å². The molecular weight excluding hydrogens is 262 g/mol. The predicted octanol–water partition coefficient (Wildman–Crippen LogP) is 5.00. The molecule has 1 aromatic carbocycles. The number of anilines is 1. The first-order valence-electron chi connectivity index (χ1n) is 8.20. The molecule has 0 radical (unpaired) electrons. The molecule has 0 bridgehead atoms. The molecule has 1 aromatic rings. The number of hydrogen-bond acceptors (Lipinski definition) is 2. The normalized spacial score (nSPS) is 12.1. The van der Waals surface area contributed by atoms with Gasteiger partial charge in [-0.25, -0.2) is 4.79 Å². The maximum Gasteiger partial charge on any atom is 0.326 e. The molecule has 0 heterocycles. The van der Waals surface area contributed by atoms with Gasteiger partial charge in [0.15, 0.2) is 0 Å². The highest BCUT2D eigenvalue weighted by Gasteiger charge is 2.17. The number of aliphatic carboxylic acids is 1. The van der Waals surface area contributed by atoms with Crippen molar-refractivity contribution in [2.24, 2.45) is 0 Å². The van der Waals surface area contributed by atoms with Crippen LogP contribution in [0.1, 0.15) is 63.9 Å². The van der Waals surface area contributed by atoms with E-state index < -0.39 is 12.0 Å². The van der Waals surface area contributed by atoms with Crippen LogP contribution >= 0.6 is 0 Å². The van der Waals surface area contributed by atoms with Crippen LogP contribution in [0.5, 0.6) is 0 Å². The molecule has 0 aliphatic heterocycles. The summed E-state index contributed by atoms with van der Waals surface area (Å²) in [6.07, 6.45) is 9.17. The second-order valence-corrected chi connectivity index (χ2v) is 5.76. The van der Waals surface area contributed by atoms with Gasteiger partial charge in [-0.3, -0.25) is 0 Å². The van der Waals surface area contributed by atoms with E-state index in [0.29, 0.717) is 6.42 Å². The molecule has 0 aliphatic rings. The van der Waals surface area contributed by atoms with E-state index in [2.05, 4.69) is 12.2 Å². The third-order valence-electron chi connectivity index (χ3n) is 3.87. The zero-order valence-electron chi connectivity index (χ0n) is 13.4. The molecule has 0 saturated carbocycles. The summed E-state index contributed by atoms with van der Waals surface area (Å²) in [5.74, 6) is -0.760. The number of aryl methyl sites for hydroxylation is 1. The van der Waals surface area contributed by atoms with Gasteiger partial charge in [0, 0.05) is 5.69 Å². The van der Waals surface area contributed by atoms with Crippen LogP contribution in [-0.2, 0) is 4.79 Å². The van der Waals surface area contributed by atoms with Crippen LogP contribution in [0, 0.1) is 6.92 Å². The molecule has 0 saturated heterocycles. The first kappa shape index (κ1) is 17.5. The van der Waals surface area contributed by atoms with Crippen LogP contribution in [-0.4, -0.2) is 17.1 Å². The fourth-order valence-electron chi connectivity index (χ4n) is 2.49. The quantitative estimate of drug-likeness (QED) is 0.564. The van der Waals surface area contributed by atoms with E-state index in [0.717, 1.165) is 24.1 Å². The fraction of sp³-hybridized carbons (Fsp3) is 0.611. The van der Waals surface area contributed by atoms with E-state index in [1.807, 2.05) is 31.2 Å². The van der Waals surface area contributed by atoms with Gasteiger partial charge in [-0.15, -0.1) is 0 Å². The Kier molecular flexibility index (Phi) is 8.56. The zero-order valence-corrected chi connectivity index (χ0v) is 13.4. The molecule has 0 fully saturated rings. The summed E-state index contributed by atoms with van der Waals surface area (Å²) in [6.45, 7) is 4.21. The molecule has 3 heteroatoms. The average molecular weight is 291 g/mol. The van der Waals surface area contributed by atoms with E-state index in [1.165, 1.54) is 32.1 Å². The van der Waals surface area contributed by atoms with Gasteiger partial charge in [0.1, 0.15) is 6.04 Å². The van der Waals surface area contributed by atoms with Gasteiger partial charge in [0.2, 0.25) is 0 Å². The molecule has 0 amide bonds. The number of hydrogen-bond donors (Lipinski definition) is 2. The number of rotatable bonds is 11. The summed E-state index contributed by atoms with van der Waals surface area (Å²) >= 11 is 0. The van der Waals surface area contributed by atoms with E-state index in [4.69, 9.17) is 0 Å². The van der Waals surface area contributed by atoms with Crippen molar-refractivity contribution in [1.29, 1.82) is 0 Å². The second-order valence-electron chi connectivity index (χ2n) is 5.76. The highest BCUT2D eigenvalue weighted by atomic mass is 16.4. The summed E-state index contributed by atoms with van der Waals surface area (Å²) in [4.78, 5) is 11.4. The lowest BCUT2D eigenvalue weighted by molar-refractivity contribution is -0.138. The third kappa shape index (κ3) is 7.16. The molecule has 0 spiro atoms. The van der Waals surface area contributed by atoms with Crippen molar-refractivity contribution in [2.45, 2.75) is 71.3 Å². The van der Waals surface area contributed by atoms with Crippen molar-refractivity contribution in [3.8, 4) is 0 Å². The largest absolute Gasteiger partial charge is 0.480 e. The van der Waals surface area contributed by atoms with Crippen LogP contribution in [0.25, 0.3) is 0 Å². The van der Waals surface area contributed by atoms with Crippen molar-refractivity contribution >= 4 is 11.7 Å². The molecule has 1 atom stereocenters. The summed E-state index contributed by atoms with van der Waals surface area (Å²) in [5.41, 5.74) is 2.01. The van der Waals surface area contributed by atoms with Gasteiger partial charge in [-0.1, -0.05) is 70.1 Å². The maximum atomic E-state index is 11.4. The Labute approximate surface area is 128 Å². The summed E-state index contributed by atoms with van der Waals surface area (Å²) in [6, 6.07) is 7.35. The molecule has 3 nitrogen and oxygen atoms in total. The minimum absolute atomic E-state index is 0.484. The van der Waals surface area contributed by atoms with Crippen LogP contribution in [0.15, 0.2) is 24.3 Å². The van der Waals surface area contributed by atoms with E-state index in [-0.39, 0.29) is 0 Å². The van der Waals surface area contributed by atoms with Gasteiger partial charge in [0.05, 0.1) is 0 Å². The zero-order chi connectivity index (χ0) is 15.5. The summed E-state index contributed by atoms with van der Waals surface area (Å²) < 4.78 is 0. The maximum absolute atomic E-state index is 11.4. The van der Waals surface area contributed by atoms with Gasteiger partial charge in [0.25, 0.3) is 0 Å². The number of nitrogens with one attached hydrogen (secondary N) is 1. The number of para-hydroxylation sites is 1. The van der Waals surface area contributed by atoms with Crippen molar-refractivity contribution in [3.05, 3.63) is 29.8 Å². The lowest BCUT2D eigenvalue weighted by Crippen LogP contribution is -2.29. The van der Waals surface area contributed by atoms with E-state index in [9.17, 15) is 9.90 Å². The Hall–Kier alpha value is -1.51. The lowest BCUT2D eigenvalue weighted by Gasteiger charge is -2.17. The minimum atomic E-state index is -0.760. The number of carboxylic acid groups (broad SMARTS) is 1. The first-order chi connectivity index (χ1) is 10.1. The van der Waals surface area contributed by atoms with Gasteiger partial charge >= 0.3 is 5.97 Å². The molecule has 2 N–H and O–H groups in total. The Bertz CT molecular complexity index is 417. The minimum Gasteiger partial charge on any atom is -0.480 e. The fourth-order valence-corrected chi connectivity index (χ4v) is 2.49. The van der Waals surface area contributed by atoms with Crippen molar-refractivity contribution < 1.29 is 9.90 Å². The topological polar surface area (TPSA) is 49.3 Å². The van der Waals surface area contributed by atoms with E-state index in [1.54, 1.807) is 0 Å². The molecule has 0 aliphatic carbocycles. The lowest BCUT2D eigenvalue weighted by atomic mass is 10.0. The molecule has 0 aromatic heterocycles. The van der Waals surface area contributed by atoms with Gasteiger partial charge in [-0.2, -0.15) is 0 Å². The number of benzene rings is 1. The smallest absolute Gasteiger partial charge is 0.326 e. The molecule has 1 rings (SSSR count). The SMILES string of the molecule is CCCCCCCCCC(Nc1ccccc1C)C(=O)O. The average Bonchev–Trinajstić information content (AvgIpc) is 2.46. The Morgan fingerprint density at radius 1 is 1.10 bits per heavy atom. The Morgan fingerprint density at radius 2 is 1.71 bits per heavy atom. The molecule has 118 valence electrons. The highest BCUT2D eigenvalue weighted by Crippen LogP contribution is 2.17. The number of carbonyl (C=O) groups is 1. The standard InChI is InChI=1S/C18H29NO2/c1-3-4-5-6-7-8-9-14-17(18(20)21)19-16-13-11-10-12-15(16)2/h10-13,17,19H,3-9,14H2,1-2H3,(H,20,21). The predicted molar refractivity (Wildman–Crippen MR) is 88.8 cm³/mol. The van der Waals surface area contributed by atoms with Crippen LogP contribution in [0.2, 0.25) is 0 Å². The summed E-state index contributed by atoms with van der Waals surface area (Å²) in [5, 5.41) is 12.5. The van der Waals surface area contributed by atoms with E-state index >= 15 is 0 Å². The van der Waals surface area contributed by atoms with Crippen LogP contribution in [0.3, 0.4) is 0 Å². The molecule has 21 heavy (non-hydrogen) atoms. The van der Waals surface area contributed by atoms with Crippen LogP contribution < -0.4 is 5.32 Å². The molecule has 1 unspecified atom stereocenters. The van der Waals surface area contributed by atoms with Gasteiger partial charge in [-0.05, 0) is 25.0 Å². The third-order valence-corrected chi connectivity index (χ3v) is 3.87. The second kappa shape index (κ2) is 10.3. The Morgan fingerprint density at radius 3 is 2.33 bits per heavy atom. The highest BCUT2D eigenvalue weighted by molar-refractivity contribution is 5.77. The Balaban J connectivity index is 2.31. The summed E-state index contributed by atoms with van der Waals surface area (Å²) in [7, 11) is 0. The van der Waals surface area contributed by atoms with Crippen molar-refractivity contribution in [1.82, 2.24) is 0 Å². The monoisotopic (exact) mass is 291 g/mol. The molecular formula is C18H29NO2. The first-order valence-corrected chi connectivity index (χ1v) is 8.20.